The Morgan fingerprint density at radius 2 is 2.00 bits per heavy atom. The number of urea groups is 1. The van der Waals surface area contributed by atoms with Crippen LogP contribution in [0.15, 0.2) is 12.7 Å². The van der Waals surface area contributed by atoms with E-state index in [1.807, 2.05) is 0 Å². The molecule has 1 saturated heterocycles. The van der Waals surface area contributed by atoms with Gasteiger partial charge in [-0.05, 0) is 18.8 Å². The molecule has 2 rings (SSSR count). The number of barbiturate groups is 1. The van der Waals surface area contributed by atoms with Crippen LogP contribution in [0, 0.1) is 11.8 Å². The molecule has 1 N–H and O–H groups in total. The molecular weight excluding hydrogens is 276 g/mol. The quantitative estimate of drug-likeness (QED) is 0.461. The van der Waals surface area contributed by atoms with Crippen LogP contribution in [-0.4, -0.2) is 40.8 Å². The molecule has 20 heavy (non-hydrogen) atoms. The smallest absolute Gasteiger partial charge is 0.277 e. The first-order valence-corrected chi connectivity index (χ1v) is 8.15. The van der Waals surface area contributed by atoms with Gasteiger partial charge in [0.05, 0.1) is 0 Å². The highest BCUT2D eigenvalue weighted by atomic mass is 32.2. The SMILES string of the molecule is C=CCSCCN1C(=O)NC(=O)C(C2CCCC2)C1=O. The lowest BCUT2D eigenvalue weighted by Crippen LogP contribution is -2.59. The van der Waals surface area contributed by atoms with Gasteiger partial charge < -0.3 is 0 Å². The molecule has 1 saturated carbocycles. The predicted octanol–water partition coefficient (Wildman–Crippen LogP) is 1.79. The Balaban J connectivity index is 2.00. The summed E-state index contributed by atoms with van der Waals surface area (Å²) in [5.41, 5.74) is 0. The molecule has 0 aromatic carbocycles. The first-order valence-electron chi connectivity index (χ1n) is 7.00. The third kappa shape index (κ3) is 3.23. The first-order chi connectivity index (χ1) is 9.65. The zero-order valence-electron chi connectivity index (χ0n) is 11.5. The number of nitrogens with zero attached hydrogens (tertiary/aromatic N) is 1. The van der Waals surface area contributed by atoms with Gasteiger partial charge in [-0.25, -0.2) is 4.79 Å². The fourth-order valence-electron chi connectivity index (χ4n) is 2.87. The third-order valence-corrected chi connectivity index (χ3v) is 4.80. The summed E-state index contributed by atoms with van der Waals surface area (Å²) in [5.74, 6) is 0.149. The third-order valence-electron chi connectivity index (χ3n) is 3.86. The van der Waals surface area contributed by atoms with Crippen molar-refractivity contribution in [2.24, 2.45) is 11.8 Å². The number of carbonyl (C=O) groups is 3. The van der Waals surface area contributed by atoms with E-state index in [1.165, 1.54) is 4.90 Å². The molecule has 0 aromatic rings. The highest BCUT2D eigenvalue weighted by Gasteiger charge is 2.44. The molecule has 0 spiro atoms. The second kappa shape index (κ2) is 6.92. The molecule has 6 heteroatoms. The van der Waals surface area contributed by atoms with Gasteiger partial charge in [-0.15, -0.1) is 6.58 Å². The van der Waals surface area contributed by atoms with Gasteiger partial charge in [-0.1, -0.05) is 18.9 Å². The van der Waals surface area contributed by atoms with Gasteiger partial charge in [0.1, 0.15) is 5.92 Å². The molecule has 0 aromatic heterocycles. The molecule has 5 nitrogen and oxygen atoms in total. The van der Waals surface area contributed by atoms with Crippen LogP contribution in [0.5, 0.6) is 0 Å². The Morgan fingerprint density at radius 3 is 2.65 bits per heavy atom. The minimum Gasteiger partial charge on any atom is -0.277 e. The van der Waals surface area contributed by atoms with E-state index in [9.17, 15) is 14.4 Å². The van der Waals surface area contributed by atoms with Crippen molar-refractivity contribution in [2.75, 3.05) is 18.1 Å². The summed E-state index contributed by atoms with van der Waals surface area (Å²) in [7, 11) is 0. The van der Waals surface area contributed by atoms with Crippen molar-refractivity contribution in [3.63, 3.8) is 0 Å². The Morgan fingerprint density at radius 1 is 1.30 bits per heavy atom. The number of hydrogen-bond donors (Lipinski definition) is 1. The Bertz CT molecular complexity index is 419. The van der Waals surface area contributed by atoms with E-state index < -0.39 is 17.9 Å². The number of rotatable bonds is 6. The summed E-state index contributed by atoms with van der Waals surface area (Å²) in [6, 6.07) is -0.576. The van der Waals surface area contributed by atoms with E-state index in [1.54, 1.807) is 17.8 Å². The van der Waals surface area contributed by atoms with Gasteiger partial charge in [-0.2, -0.15) is 11.8 Å². The average Bonchev–Trinajstić information content (AvgIpc) is 2.91. The number of imide groups is 2. The number of thioether (sulfide) groups is 1. The highest BCUT2D eigenvalue weighted by Crippen LogP contribution is 2.33. The molecule has 2 fully saturated rings. The van der Waals surface area contributed by atoms with Crippen molar-refractivity contribution in [2.45, 2.75) is 25.7 Å². The standard InChI is InChI=1S/C14H20N2O3S/c1-2-8-20-9-7-16-13(18)11(10-5-3-4-6-10)12(17)15-14(16)19/h2,10-11H,1,3-9H2,(H,15,17,19). The number of amides is 4. The Hall–Kier alpha value is -1.30. The largest absolute Gasteiger partial charge is 0.330 e. The molecule has 1 aliphatic heterocycles. The number of nitrogens with one attached hydrogen (secondary N) is 1. The predicted molar refractivity (Wildman–Crippen MR) is 78.2 cm³/mol. The zero-order valence-corrected chi connectivity index (χ0v) is 12.3. The molecule has 1 atom stereocenters. The summed E-state index contributed by atoms with van der Waals surface area (Å²) in [6.45, 7) is 3.97. The maximum atomic E-state index is 12.4. The zero-order chi connectivity index (χ0) is 14.5. The first kappa shape index (κ1) is 15.1. The maximum Gasteiger partial charge on any atom is 0.330 e. The van der Waals surface area contributed by atoms with Crippen molar-refractivity contribution < 1.29 is 14.4 Å². The van der Waals surface area contributed by atoms with Crippen LogP contribution in [0.25, 0.3) is 0 Å². The summed E-state index contributed by atoms with van der Waals surface area (Å²) < 4.78 is 0. The molecule has 1 heterocycles. The Kier molecular flexibility index (Phi) is 5.23. The molecule has 0 bridgehead atoms. The summed E-state index contributed by atoms with van der Waals surface area (Å²) >= 11 is 1.61. The van der Waals surface area contributed by atoms with E-state index in [0.29, 0.717) is 12.3 Å². The van der Waals surface area contributed by atoms with Crippen LogP contribution in [0.2, 0.25) is 0 Å². The van der Waals surface area contributed by atoms with Crippen LogP contribution in [0.3, 0.4) is 0 Å². The normalized spacial score (nSPS) is 24.1. The van der Waals surface area contributed by atoms with E-state index >= 15 is 0 Å². The molecule has 2 aliphatic rings. The molecule has 1 unspecified atom stereocenters. The summed E-state index contributed by atoms with van der Waals surface area (Å²) in [4.78, 5) is 37.3. The van der Waals surface area contributed by atoms with Crippen LogP contribution < -0.4 is 5.32 Å². The topological polar surface area (TPSA) is 66.5 Å². The van der Waals surface area contributed by atoms with Crippen LogP contribution >= 0.6 is 11.8 Å². The number of carbonyl (C=O) groups excluding carboxylic acids is 3. The monoisotopic (exact) mass is 296 g/mol. The van der Waals surface area contributed by atoms with Gasteiger partial charge >= 0.3 is 6.03 Å². The van der Waals surface area contributed by atoms with Crippen LogP contribution in [0.1, 0.15) is 25.7 Å². The molecule has 0 radical (unpaired) electrons. The minimum absolute atomic E-state index is 0.0962. The van der Waals surface area contributed by atoms with E-state index in [-0.39, 0.29) is 11.8 Å². The van der Waals surface area contributed by atoms with E-state index in [0.717, 1.165) is 31.4 Å². The molecular formula is C14H20N2O3S. The molecule has 110 valence electrons. The second-order valence-electron chi connectivity index (χ2n) is 5.17. The Labute approximate surface area is 123 Å². The summed E-state index contributed by atoms with van der Waals surface area (Å²) in [5, 5.41) is 2.33. The second-order valence-corrected chi connectivity index (χ2v) is 6.32. The average molecular weight is 296 g/mol. The van der Waals surface area contributed by atoms with Crippen molar-refractivity contribution in [3.8, 4) is 0 Å². The van der Waals surface area contributed by atoms with Crippen molar-refractivity contribution in [3.05, 3.63) is 12.7 Å². The number of hydrogen-bond acceptors (Lipinski definition) is 4. The lowest BCUT2D eigenvalue weighted by molar-refractivity contribution is -0.144. The lowest BCUT2D eigenvalue weighted by Gasteiger charge is -2.32. The van der Waals surface area contributed by atoms with Gasteiger partial charge in [0.2, 0.25) is 11.8 Å². The van der Waals surface area contributed by atoms with Crippen molar-refractivity contribution in [1.82, 2.24) is 10.2 Å². The van der Waals surface area contributed by atoms with Gasteiger partial charge in [-0.3, -0.25) is 19.8 Å². The van der Waals surface area contributed by atoms with Gasteiger partial charge in [0.15, 0.2) is 0 Å². The van der Waals surface area contributed by atoms with Crippen molar-refractivity contribution in [1.29, 1.82) is 0 Å². The highest BCUT2D eigenvalue weighted by molar-refractivity contribution is 7.99. The maximum absolute atomic E-state index is 12.4. The fourth-order valence-corrected chi connectivity index (χ4v) is 3.52. The minimum atomic E-state index is -0.667. The van der Waals surface area contributed by atoms with Gasteiger partial charge in [0.25, 0.3) is 0 Å². The van der Waals surface area contributed by atoms with E-state index in [4.69, 9.17) is 0 Å². The van der Waals surface area contributed by atoms with Crippen LogP contribution in [-0.2, 0) is 9.59 Å². The van der Waals surface area contributed by atoms with Crippen LogP contribution in [0.4, 0.5) is 4.79 Å². The lowest BCUT2D eigenvalue weighted by atomic mass is 9.87. The molecule has 1 aliphatic carbocycles. The molecule has 4 amide bonds. The summed E-state index contributed by atoms with van der Waals surface area (Å²) in [6.07, 6.45) is 5.71. The van der Waals surface area contributed by atoms with E-state index in [2.05, 4.69) is 11.9 Å². The van der Waals surface area contributed by atoms with Gasteiger partial charge in [0, 0.05) is 18.1 Å². The van der Waals surface area contributed by atoms with Crippen molar-refractivity contribution >= 4 is 29.6 Å². The fraction of sp³-hybridized carbons (Fsp3) is 0.643.